The molecule has 1 N–H and O–H groups in total. The number of nitrogens with zero attached hydrogens (tertiary/aromatic N) is 3. The fourth-order valence-electron chi connectivity index (χ4n) is 2.08. The van der Waals surface area contributed by atoms with Crippen molar-refractivity contribution in [2.45, 2.75) is 0 Å². The smallest absolute Gasteiger partial charge is 0.139 e. The first kappa shape index (κ1) is 13.5. The highest BCUT2D eigenvalue weighted by Gasteiger charge is 2.06. The quantitative estimate of drug-likeness (QED) is 0.754. The number of benzene rings is 1. The predicted octanol–water partition coefficient (Wildman–Crippen LogP) is 3.22. The third-order valence-electron chi connectivity index (χ3n) is 3.10. The molecule has 0 aliphatic carbocycles. The van der Waals surface area contributed by atoms with Crippen LogP contribution in [-0.2, 0) is 7.05 Å². The highest BCUT2D eigenvalue weighted by Crippen LogP contribution is 2.23. The summed E-state index contributed by atoms with van der Waals surface area (Å²) in [6.07, 6.45) is 3.71. The molecular weight excluding hydrogens is 284 g/mol. The van der Waals surface area contributed by atoms with E-state index in [0.29, 0.717) is 10.5 Å². The number of aromatic nitrogens is 4. The molecule has 2 heterocycles. The van der Waals surface area contributed by atoms with Gasteiger partial charge in [-0.05, 0) is 18.2 Å². The van der Waals surface area contributed by atoms with Gasteiger partial charge in [-0.25, -0.2) is 4.98 Å². The molecule has 0 saturated carbocycles. The van der Waals surface area contributed by atoms with E-state index in [9.17, 15) is 0 Å². The highest BCUT2D eigenvalue weighted by molar-refractivity contribution is 7.71. The van der Waals surface area contributed by atoms with Gasteiger partial charge >= 0.3 is 0 Å². The number of rotatable bonds is 3. The molecule has 0 bridgehead atoms. The molecule has 0 unspecified atom stereocenters. The zero-order valence-corrected chi connectivity index (χ0v) is 12.5. The van der Waals surface area contributed by atoms with E-state index in [2.05, 4.69) is 15.1 Å². The number of aryl methyl sites for hydroxylation is 1. The van der Waals surface area contributed by atoms with Crippen molar-refractivity contribution in [3.63, 3.8) is 0 Å². The summed E-state index contributed by atoms with van der Waals surface area (Å²) in [5, 5.41) is 4.17. The van der Waals surface area contributed by atoms with Gasteiger partial charge in [-0.2, -0.15) is 5.10 Å². The number of aromatic amines is 1. The van der Waals surface area contributed by atoms with E-state index in [0.717, 1.165) is 22.6 Å². The van der Waals surface area contributed by atoms with Crippen LogP contribution >= 0.6 is 12.2 Å². The second-order valence-corrected chi connectivity index (χ2v) is 5.03. The summed E-state index contributed by atoms with van der Waals surface area (Å²) in [4.78, 5) is 7.68. The number of hydrogen-bond donors (Lipinski definition) is 1. The maximum atomic E-state index is 5.27. The molecule has 5 nitrogen and oxygen atoms in total. The lowest BCUT2D eigenvalue weighted by molar-refractivity contribution is 0.415. The summed E-state index contributed by atoms with van der Waals surface area (Å²) in [5.74, 6) is 1.49. The van der Waals surface area contributed by atoms with Crippen molar-refractivity contribution in [3.8, 4) is 28.4 Å². The van der Waals surface area contributed by atoms with E-state index in [1.165, 1.54) is 0 Å². The number of hydrogen-bond acceptors (Lipinski definition) is 4. The summed E-state index contributed by atoms with van der Waals surface area (Å²) < 4.78 is 7.52. The Bertz CT molecular complexity index is 837. The van der Waals surface area contributed by atoms with Gasteiger partial charge in [-0.3, -0.25) is 4.68 Å². The van der Waals surface area contributed by atoms with Crippen molar-refractivity contribution in [1.29, 1.82) is 0 Å². The lowest BCUT2D eigenvalue weighted by atomic mass is 10.2. The van der Waals surface area contributed by atoms with E-state index >= 15 is 0 Å². The van der Waals surface area contributed by atoms with E-state index in [4.69, 9.17) is 17.0 Å². The molecule has 3 rings (SSSR count). The van der Waals surface area contributed by atoms with Crippen molar-refractivity contribution >= 4 is 12.2 Å². The molecule has 6 heteroatoms. The molecule has 21 heavy (non-hydrogen) atoms. The van der Waals surface area contributed by atoms with Gasteiger partial charge in [-0.1, -0.05) is 24.4 Å². The maximum Gasteiger partial charge on any atom is 0.139 e. The molecule has 0 fully saturated rings. The van der Waals surface area contributed by atoms with Gasteiger partial charge < -0.3 is 9.72 Å². The van der Waals surface area contributed by atoms with Crippen LogP contribution in [0, 0.1) is 4.64 Å². The monoisotopic (exact) mass is 298 g/mol. The van der Waals surface area contributed by atoms with Crippen molar-refractivity contribution in [3.05, 3.63) is 47.4 Å². The van der Waals surface area contributed by atoms with Crippen LogP contribution in [-0.4, -0.2) is 26.9 Å². The van der Waals surface area contributed by atoms with Crippen LogP contribution in [0.25, 0.3) is 22.6 Å². The van der Waals surface area contributed by atoms with Gasteiger partial charge in [0.15, 0.2) is 0 Å². The fraction of sp³-hybridized carbons (Fsp3) is 0.133. The van der Waals surface area contributed by atoms with Crippen molar-refractivity contribution < 1.29 is 4.74 Å². The first-order valence-corrected chi connectivity index (χ1v) is 6.81. The third-order valence-corrected chi connectivity index (χ3v) is 3.31. The van der Waals surface area contributed by atoms with Gasteiger partial charge in [0, 0.05) is 24.4 Å². The average molecular weight is 298 g/mol. The Morgan fingerprint density at radius 3 is 2.81 bits per heavy atom. The van der Waals surface area contributed by atoms with Gasteiger partial charge in [-0.15, -0.1) is 0 Å². The van der Waals surface area contributed by atoms with Gasteiger partial charge in [0.1, 0.15) is 16.2 Å². The van der Waals surface area contributed by atoms with Crippen LogP contribution in [0.5, 0.6) is 5.75 Å². The van der Waals surface area contributed by atoms with Crippen molar-refractivity contribution in [2.75, 3.05) is 7.11 Å². The summed E-state index contributed by atoms with van der Waals surface area (Å²) in [7, 11) is 3.52. The summed E-state index contributed by atoms with van der Waals surface area (Å²) in [6, 6.07) is 9.52. The zero-order valence-electron chi connectivity index (χ0n) is 11.7. The minimum Gasteiger partial charge on any atom is -0.497 e. The molecule has 0 aliphatic heterocycles. The maximum absolute atomic E-state index is 5.27. The Morgan fingerprint density at radius 2 is 2.10 bits per heavy atom. The fourth-order valence-corrected chi connectivity index (χ4v) is 2.29. The van der Waals surface area contributed by atoms with E-state index in [-0.39, 0.29) is 0 Å². The molecular formula is C15H14N4OS. The van der Waals surface area contributed by atoms with Crippen LogP contribution < -0.4 is 4.74 Å². The molecule has 2 aromatic heterocycles. The minimum absolute atomic E-state index is 0.533. The lowest BCUT2D eigenvalue weighted by Crippen LogP contribution is -1.93. The standard InChI is InChI=1S/C15H14N4OS/c1-19-9-11(8-16-19)13-7-14(21)18-15(17-13)10-4-3-5-12(6-10)20-2/h3-9H,1-2H3,(H,17,18,21). The topological polar surface area (TPSA) is 55.7 Å². The summed E-state index contributed by atoms with van der Waals surface area (Å²) >= 11 is 5.27. The van der Waals surface area contributed by atoms with Crippen LogP contribution in [0.4, 0.5) is 0 Å². The predicted molar refractivity (Wildman–Crippen MR) is 83.6 cm³/mol. The zero-order chi connectivity index (χ0) is 14.8. The Labute approximate surface area is 127 Å². The molecule has 106 valence electrons. The first-order chi connectivity index (χ1) is 10.2. The van der Waals surface area contributed by atoms with Gasteiger partial charge in [0.2, 0.25) is 0 Å². The van der Waals surface area contributed by atoms with Crippen molar-refractivity contribution in [2.24, 2.45) is 7.05 Å². The van der Waals surface area contributed by atoms with Crippen LogP contribution in [0.3, 0.4) is 0 Å². The van der Waals surface area contributed by atoms with Gasteiger partial charge in [0.25, 0.3) is 0 Å². The Kier molecular flexibility index (Phi) is 3.53. The summed E-state index contributed by atoms with van der Waals surface area (Å²) in [6.45, 7) is 0. The van der Waals surface area contributed by atoms with E-state index < -0.39 is 0 Å². The molecule has 0 spiro atoms. The van der Waals surface area contributed by atoms with Crippen LogP contribution in [0.15, 0.2) is 42.7 Å². The third kappa shape index (κ3) is 2.85. The number of methoxy groups -OCH3 is 1. The molecule has 0 amide bonds. The molecule has 0 radical (unpaired) electrons. The Hall–Kier alpha value is -2.47. The number of nitrogens with one attached hydrogen (secondary N) is 1. The second kappa shape index (κ2) is 5.49. The molecule has 0 aliphatic rings. The molecule has 0 atom stereocenters. The van der Waals surface area contributed by atoms with Crippen LogP contribution in [0.2, 0.25) is 0 Å². The normalized spacial score (nSPS) is 10.6. The van der Waals surface area contributed by atoms with Crippen molar-refractivity contribution in [1.82, 2.24) is 19.7 Å². The molecule has 3 aromatic rings. The Balaban J connectivity index is 2.11. The van der Waals surface area contributed by atoms with E-state index in [1.54, 1.807) is 18.0 Å². The van der Waals surface area contributed by atoms with E-state index in [1.807, 2.05) is 43.6 Å². The highest BCUT2D eigenvalue weighted by atomic mass is 32.1. The van der Waals surface area contributed by atoms with Gasteiger partial charge in [0.05, 0.1) is 19.0 Å². The summed E-state index contributed by atoms with van der Waals surface area (Å²) in [5.41, 5.74) is 2.78. The SMILES string of the molecule is COc1cccc(-c2nc(=S)cc(-c3cnn(C)c3)[nH]2)c1. The lowest BCUT2D eigenvalue weighted by Gasteiger charge is -2.06. The minimum atomic E-state index is 0.533. The molecule has 1 aromatic carbocycles. The number of ether oxygens (including phenoxy) is 1. The average Bonchev–Trinajstić information content (AvgIpc) is 2.93. The Morgan fingerprint density at radius 1 is 1.24 bits per heavy atom. The second-order valence-electron chi connectivity index (χ2n) is 4.62. The molecule has 0 saturated heterocycles. The largest absolute Gasteiger partial charge is 0.497 e. The number of H-pyrrole nitrogens is 1. The van der Waals surface area contributed by atoms with Crippen LogP contribution in [0.1, 0.15) is 0 Å². The first-order valence-electron chi connectivity index (χ1n) is 6.40.